The number of hydrogen-bond donors (Lipinski definition) is 1. The van der Waals surface area contributed by atoms with Crippen molar-refractivity contribution in [1.82, 2.24) is 19.9 Å². The Kier molecular flexibility index (Phi) is 5.15. The average molecular weight is 410 g/mol. The number of H-pyrrole nitrogens is 1. The predicted octanol–water partition coefficient (Wildman–Crippen LogP) is 4.82. The maximum atomic E-state index is 13.9. The number of carbonyl (C=O) groups is 1. The summed E-state index contributed by atoms with van der Waals surface area (Å²) >= 11 is 0. The standard InChI is InChI=1S/C22H23FN4O3/c1-22(2,3)30-21(28)27-12-14(23)9-15(27)13-29-20-11-24-8-6-16(20)18-10-19-17(26-18)5-4-7-25-19/h4-8,10-12,15,26H,9,13H2,1-3H3/t15-/m0/s1. The fourth-order valence-electron chi connectivity index (χ4n) is 3.29. The Hall–Kier alpha value is -3.42. The molecule has 30 heavy (non-hydrogen) atoms. The lowest BCUT2D eigenvalue weighted by Crippen LogP contribution is -2.40. The minimum absolute atomic E-state index is 0.0745. The molecule has 4 rings (SSSR count). The number of pyridine rings is 2. The average Bonchev–Trinajstić information content (AvgIpc) is 3.28. The molecule has 3 aromatic heterocycles. The second-order valence-electron chi connectivity index (χ2n) is 8.12. The fourth-order valence-corrected chi connectivity index (χ4v) is 3.29. The summed E-state index contributed by atoms with van der Waals surface area (Å²) in [6.45, 7) is 5.40. The zero-order valence-electron chi connectivity index (χ0n) is 17.1. The molecule has 0 aromatic carbocycles. The van der Waals surface area contributed by atoms with Crippen LogP contribution < -0.4 is 4.74 Å². The third-order valence-corrected chi connectivity index (χ3v) is 4.60. The van der Waals surface area contributed by atoms with Gasteiger partial charge in [-0.3, -0.25) is 14.9 Å². The van der Waals surface area contributed by atoms with Crippen LogP contribution in [-0.2, 0) is 4.74 Å². The molecule has 0 aliphatic carbocycles. The summed E-state index contributed by atoms with van der Waals surface area (Å²) in [5.41, 5.74) is 2.72. The van der Waals surface area contributed by atoms with E-state index in [2.05, 4.69) is 15.0 Å². The van der Waals surface area contributed by atoms with Gasteiger partial charge in [0.2, 0.25) is 0 Å². The molecule has 4 heterocycles. The van der Waals surface area contributed by atoms with E-state index in [9.17, 15) is 9.18 Å². The molecule has 0 spiro atoms. The van der Waals surface area contributed by atoms with Gasteiger partial charge in [0, 0.05) is 30.6 Å². The van der Waals surface area contributed by atoms with Gasteiger partial charge in [0.05, 0.1) is 29.0 Å². The van der Waals surface area contributed by atoms with E-state index < -0.39 is 17.7 Å². The van der Waals surface area contributed by atoms with E-state index in [1.165, 1.54) is 11.1 Å². The van der Waals surface area contributed by atoms with Crippen molar-refractivity contribution in [1.29, 1.82) is 0 Å². The van der Waals surface area contributed by atoms with Crippen molar-refractivity contribution in [3.63, 3.8) is 0 Å². The number of nitrogens with one attached hydrogen (secondary N) is 1. The number of ether oxygens (including phenoxy) is 2. The number of amides is 1. The molecule has 0 saturated heterocycles. The number of hydrogen-bond acceptors (Lipinski definition) is 5. The van der Waals surface area contributed by atoms with E-state index in [1.807, 2.05) is 24.3 Å². The lowest BCUT2D eigenvalue weighted by atomic mass is 10.2. The normalized spacial score (nSPS) is 16.6. The Labute approximate surface area is 173 Å². The number of halogens is 1. The Morgan fingerprint density at radius 2 is 2.17 bits per heavy atom. The van der Waals surface area contributed by atoms with Gasteiger partial charge in [-0.25, -0.2) is 9.18 Å². The van der Waals surface area contributed by atoms with E-state index in [-0.39, 0.29) is 18.9 Å². The van der Waals surface area contributed by atoms with E-state index in [0.717, 1.165) is 22.3 Å². The van der Waals surface area contributed by atoms with E-state index >= 15 is 0 Å². The van der Waals surface area contributed by atoms with Crippen LogP contribution in [0.2, 0.25) is 0 Å². The van der Waals surface area contributed by atoms with E-state index in [0.29, 0.717) is 5.75 Å². The zero-order valence-corrected chi connectivity index (χ0v) is 17.1. The smallest absolute Gasteiger partial charge is 0.414 e. The van der Waals surface area contributed by atoms with Gasteiger partial charge >= 0.3 is 6.09 Å². The second-order valence-corrected chi connectivity index (χ2v) is 8.12. The molecule has 1 aliphatic heterocycles. The van der Waals surface area contributed by atoms with Crippen molar-refractivity contribution >= 4 is 17.1 Å². The van der Waals surface area contributed by atoms with Gasteiger partial charge in [-0.1, -0.05) is 0 Å². The molecule has 3 aromatic rings. The maximum Gasteiger partial charge on any atom is 0.414 e. The summed E-state index contributed by atoms with van der Waals surface area (Å²) in [5, 5.41) is 0. The van der Waals surface area contributed by atoms with Gasteiger partial charge in [-0.15, -0.1) is 0 Å². The number of rotatable bonds is 4. The van der Waals surface area contributed by atoms with Crippen LogP contribution in [0.5, 0.6) is 5.75 Å². The Bertz CT molecular complexity index is 1070. The summed E-state index contributed by atoms with van der Waals surface area (Å²) in [6.07, 6.45) is 5.66. The van der Waals surface area contributed by atoms with Gasteiger partial charge in [0.15, 0.2) is 0 Å². The van der Waals surface area contributed by atoms with Crippen LogP contribution in [0.4, 0.5) is 9.18 Å². The highest BCUT2D eigenvalue weighted by atomic mass is 19.1. The first-order valence-corrected chi connectivity index (χ1v) is 9.68. The first kappa shape index (κ1) is 19.9. The summed E-state index contributed by atoms with van der Waals surface area (Å²) in [7, 11) is 0. The van der Waals surface area contributed by atoms with Gasteiger partial charge in [-0.05, 0) is 45.0 Å². The highest BCUT2D eigenvalue weighted by Crippen LogP contribution is 2.32. The molecule has 0 unspecified atom stereocenters. The van der Waals surface area contributed by atoms with E-state index in [4.69, 9.17) is 9.47 Å². The molecule has 8 heteroatoms. The van der Waals surface area contributed by atoms with Crippen LogP contribution in [0.25, 0.3) is 22.3 Å². The SMILES string of the molecule is CC(C)(C)OC(=O)N1C=C(F)C[C@H]1COc1cnccc1-c1cc2ncccc2[nH]1. The van der Waals surface area contributed by atoms with E-state index in [1.54, 1.807) is 39.4 Å². The van der Waals surface area contributed by atoms with Crippen LogP contribution in [0.15, 0.2) is 54.9 Å². The van der Waals surface area contributed by atoms with Gasteiger partial charge in [0.1, 0.15) is 23.8 Å². The first-order valence-electron chi connectivity index (χ1n) is 9.68. The van der Waals surface area contributed by atoms with Crippen LogP contribution in [0.1, 0.15) is 27.2 Å². The molecule has 0 bridgehead atoms. The number of fused-ring (bicyclic) bond motifs is 1. The zero-order chi connectivity index (χ0) is 21.3. The number of aromatic nitrogens is 3. The van der Waals surface area contributed by atoms with Crippen molar-refractivity contribution < 1.29 is 18.7 Å². The first-order chi connectivity index (χ1) is 14.3. The van der Waals surface area contributed by atoms with Gasteiger partial charge in [-0.2, -0.15) is 0 Å². The largest absolute Gasteiger partial charge is 0.489 e. The lowest BCUT2D eigenvalue weighted by molar-refractivity contribution is 0.0252. The van der Waals surface area contributed by atoms with Crippen LogP contribution in [0.3, 0.4) is 0 Å². The molecule has 1 atom stereocenters. The van der Waals surface area contributed by atoms with Crippen molar-refractivity contribution in [3.05, 3.63) is 54.9 Å². The molecule has 0 saturated carbocycles. The molecule has 1 aliphatic rings. The number of aromatic amines is 1. The number of carbonyl (C=O) groups excluding carboxylic acids is 1. The summed E-state index contributed by atoms with van der Waals surface area (Å²) in [5.74, 6) is 0.142. The lowest BCUT2D eigenvalue weighted by Gasteiger charge is -2.27. The summed E-state index contributed by atoms with van der Waals surface area (Å²) in [6, 6.07) is 7.07. The molecule has 7 nitrogen and oxygen atoms in total. The Morgan fingerprint density at radius 1 is 1.33 bits per heavy atom. The van der Waals surface area contributed by atoms with Gasteiger partial charge in [0.25, 0.3) is 0 Å². The minimum atomic E-state index is -0.671. The monoisotopic (exact) mass is 410 g/mol. The molecule has 156 valence electrons. The fraction of sp³-hybridized carbons (Fsp3) is 0.318. The molecule has 0 fully saturated rings. The number of nitrogens with zero attached hydrogens (tertiary/aromatic N) is 3. The topological polar surface area (TPSA) is 80.3 Å². The van der Waals surface area contributed by atoms with Crippen LogP contribution >= 0.6 is 0 Å². The highest BCUT2D eigenvalue weighted by Gasteiger charge is 2.33. The van der Waals surface area contributed by atoms with Crippen molar-refractivity contribution in [2.45, 2.75) is 38.8 Å². The molecule has 1 N–H and O–H groups in total. The van der Waals surface area contributed by atoms with Gasteiger partial charge < -0.3 is 14.5 Å². The molecule has 1 amide bonds. The van der Waals surface area contributed by atoms with Crippen LogP contribution in [0, 0.1) is 0 Å². The second kappa shape index (κ2) is 7.78. The third-order valence-electron chi connectivity index (χ3n) is 4.60. The molecular formula is C22H23FN4O3. The van der Waals surface area contributed by atoms with Crippen molar-refractivity contribution in [3.8, 4) is 17.0 Å². The molecular weight excluding hydrogens is 387 g/mol. The predicted molar refractivity (Wildman–Crippen MR) is 110 cm³/mol. The van der Waals surface area contributed by atoms with Crippen molar-refractivity contribution in [2.75, 3.05) is 6.61 Å². The highest BCUT2D eigenvalue weighted by molar-refractivity contribution is 5.83. The maximum absolute atomic E-state index is 13.9. The van der Waals surface area contributed by atoms with Crippen molar-refractivity contribution in [2.24, 2.45) is 0 Å². The minimum Gasteiger partial charge on any atom is -0.489 e. The summed E-state index contributed by atoms with van der Waals surface area (Å²) < 4.78 is 25.3. The quantitative estimate of drug-likeness (QED) is 0.667. The Balaban J connectivity index is 1.52. The molecule has 0 radical (unpaired) electrons. The van der Waals surface area contributed by atoms with Crippen LogP contribution in [-0.4, -0.2) is 44.2 Å². The summed E-state index contributed by atoms with van der Waals surface area (Å²) in [4.78, 5) is 25.5. The Morgan fingerprint density at radius 3 is 2.93 bits per heavy atom. The third kappa shape index (κ3) is 4.27.